The first kappa shape index (κ1) is 19.3. The molecule has 0 N–H and O–H groups in total. The number of aromatic nitrogens is 3. The van der Waals surface area contributed by atoms with Crippen molar-refractivity contribution < 1.29 is 18.3 Å². The van der Waals surface area contributed by atoms with Crippen LogP contribution in [-0.2, 0) is 0 Å². The van der Waals surface area contributed by atoms with Gasteiger partial charge in [0.25, 0.3) is 5.91 Å². The molecule has 1 aliphatic heterocycles. The number of carbonyl (C=O) groups is 1. The minimum atomic E-state index is -0.334. The Labute approximate surface area is 178 Å². The summed E-state index contributed by atoms with van der Waals surface area (Å²) in [6, 6.07) is 9.83. The van der Waals surface area contributed by atoms with Gasteiger partial charge >= 0.3 is 0 Å². The molecule has 0 bridgehead atoms. The fraction of sp³-hybridized carbons (Fsp3) is 0.261. The van der Waals surface area contributed by atoms with E-state index in [9.17, 15) is 9.18 Å². The molecule has 1 amide bonds. The van der Waals surface area contributed by atoms with Crippen molar-refractivity contribution in [2.75, 3.05) is 20.2 Å². The lowest BCUT2D eigenvalue weighted by molar-refractivity contribution is 0.0704. The number of halogens is 1. The van der Waals surface area contributed by atoms with Crippen molar-refractivity contribution in [3.8, 4) is 16.9 Å². The fourth-order valence-electron chi connectivity index (χ4n) is 4.08. The van der Waals surface area contributed by atoms with E-state index in [1.807, 2.05) is 23.2 Å². The molecule has 8 heteroatoms. The second-order valence-corrected chi connectivity index (χ2v) is 7.64. The van der Waals surface area contributed by atoms with Crippen LogP contribution < -0.4 is 4.74 Å². The van der Waals surface area contributed by atoms with Gasteiger partial charge in [-0.15, -0.1) is 0 Å². The highest BCUT2D eigenvalue weighted by Crippen LogP contribution is 2.31. The second-order valence-electron chi connectivity index (χ2n) is 7.64. The molecule has 158 valence electrons. The lowest BCUT2D eigenvalue weighted by atomic mass is 9.97. The first-order valence-electron chi connectivity index (χ1n) is 10.1. The van der Waals surface area contributed by atoms with E-state index >= 15 is 0 Å². The normalized spacial score (nSPS) is 16.6. The third-order valence-electron chi connectivity index (χ3n) is 5.66. The number of hydrogen-bond donors (Lipinski definition) is 0. The van der Waals surface area contributed by atoms with Crippen LogP contribution in [0.15, 0.2) is 59.5 Å². The summed E-state index contributed by atoms with van der Waals surface area (Å²) in [6.45, 7) is 1.27. The Hall–Kier alpha value is -3.68. The lowest BCUT2D eigenvalue weighted by Crippen LogP contribution is -2.39. The Balaban J connectivity index is 1.43. The van der Waals surface area contributed by atoms with Crippen molar-refractivity contribution in [1.82, 2.24) is 19.5 Å². The maximum Gasteiger partial charge on any atom is 0.257 e. The molecule has 31 heavy (non-hydrogen) atoms. The van der Waals surface area contributed by atoms with Crippen LogP contribution in [0.25, 0.3) is 16.8 Å². The van der Waals surface area contributed by atoms with Crippen molar-refractivity contribution in [1.29, 1.82) is 0 Å². The van der Waals surface area contributed by atoms with E-state index in [4.69, 9.17) is 9.15 Å². The molecule has 7 nitrogen and oxygen atoms in total. The first-order chi connectivity index (χ1) is 15.1. The van der Waals surface area contributed by atoms with Gasteiger partial charge in [0.05, 0.1) is 18.9 Å². The van der Waals surface area contributed by atoms with Gasteiger partial charge in [0.1, 0.15) is 17.8 Å². The number of fused-ring (bicyclic) bond motifs is 1. The average Bonchev–Trinajstić information content (AvgIpc) is 3.48. The summed E-state index contributed by atoms with van der Waals surface area (Å²) < 4.78 is 25.9. The number of piperidine rings is 1. The number of nitrogens with zero attached hydrogens (tertiary/aromatic N) is 4. The molecule has 1 unspecified atom stereocenters. The molecule has 0 aliphatic carbocycles. The number of methoxy groups -OCH3 is 1. The maximum absolute atomic E-state index is 13.8. The van der Waals surface area contributed by atoms with Gasteiger partial charge in [0.15, 0.2) is 11.5 Å². The molecule has 1 aromatic carbocycles. The van der Waals surface area contributed by atoms with Gasteiger partial charge in [0.2, 0.25) is 0 Å². The smallest absolute Gasteiger partial charge is 0.257 e. The minimum absolute atomic E-state index is 0.0392. The summed E-state index contributed by atoms with van der Waals surface area (Å²) in [5, 5.41) is 4.67. The largest absolute Gasteiger partial charge is 0.496 e. The number of hydrogen-bond acceptors (Lipinski definition) is 5. The predicted octanol–water partition coefficient (Wildman–Crippen LogP) is 4.16. The zero-order chi connectivity index (χ0) is 21.4. The lowest BCUT2D eigenvalue weighted by Gasteiger charge is -2.31. The van der Waals surface area contributed by atoms with Crippen LogP contribution in [0.4, 0.5) is 4.39 Å². The third kappa shape index (κ3) is 3.65. The van der Waals surface area contributed by atoms with E-state index in [-0.39, 0.29) is 17.6 Å². The van der Waals surface area contributed by atoms with E-state index in [0.29, 0.717) is 41.4 Å². The van der Waals surface area contributed by atoms with E-state index in [2.05, 4.69) is 10.1 Å². The van der Waals surface area contributed by atoms with Crippen LogP contribution in [0, 0.1) is 5.82 Å². The van der Waals surface area contributed by atoms with Crippen molar-refractivity contribution in [3.05, 3.63) is 72.3 Å². The van der Waals surface area contributed by atoms with Gasteiger partial charge in [-0.3, -0.25) is 4.79 Å². The van der Waals surface area contributed by atoms with E-state index < -0.39 is 0 Å². The fourth-order valence-corrected chi connectivity index (χ4v) is 4.08. The Morgan fingerprint density at radius 3 is 2.97 bits per heavy atom. The molecular weight excluding hydrogens is 399 g/mol. The molecule has 0 spiro atoms. The summed E-state index contributed by atoms with van der Waals surface area (Å²) in [4.78, 5) is 19.2. The molecular formula is C23H21FN4O3. The Bertz CT molecular complexity index is 1240. The number of ether oxygens (including phenoxy) is 1. The van der Waals surface area contributed by atoms with Gasteiger partial charge in [-0.05, 0) is 49.2 Å². The minimum Gasteiger partial charge on any atom is -0.496 e. The number of rotatable bonds is 4. The first-order valence-corrected chi connectivity index (χ1v) is 10.1. The van der Waals surface area contributed by atoms with E-state index in [0.717, 1.165) is 18.4 Å². The molecule has 1 aliphatic rings. The van der Waals surface area contributed by atoms with E-state index in [1.165, 1.54) is 24.7 Å². The Kier molecular flexibility index (Phi) is 4.89. The average molecular weight is 420 g/mol. The number of carbonyl (C=O) groups excluding carboxylic acids is 1. The molecule has 0 radical (unpaired) electrons. The van der Waals surface area contributed by atoms with Crippen LogP contribution in [-0.4, -0.2) is 45.6 Å². The monoisotopic (exact) mass is 420 g/mol. The zero-order valence-corrected chi connectivity index (χ0v) is 17.0. The molecule has 1 atom stereocenters. The molecule has 4 aromatic rings. The highest BCUT2D eigenvalue weighted by atomic mass is 19.1. The van der Waals surface area contributed by atoms with Crippen molar-refractivity contribution >= 4 is 11.6 Å². The van der Waals surface area contributed by atoms with Crippen LogP contribution in [0.5, 0.6) is 5.75 Å². The van der Waals surface area contributed by atoms with Crippen LogP contribution >= 0.6 is 0 Å². The number of furan rings is 1. The zero-order valence-electron chi connectivity index (χ0n) is 17.0. The highest BCUT2D eigenvalue weighted by molar-refractivity contribution is 5.93. The standard InChI is InChI=1S/C23H21FN4O3/c1-30-20-6-5-18(24)11-19(20)15-4-7-21-25-22(26-28(21)13-15)16-3-2-9-27(12-16)23(29)17-8-10-31-14-17/h4-8,10-11,13-14,16H,2-3,9,12H2,1H3. The Morgan fingerprint density at radius 2 is 2.16 bits per heavy atom. The molecule has 4 heterocycles. The number of benzene rings is 1. The Morgan fingerprint density at radius 1 is 1.26 bits per heavy atom. The van der Waals surface area contributed by atoms with Gasteiger partial charge in [0, 0.05) is 36.3 Å². The van der Waals surface area contributed by atoms with Gasteiger partial charge < -0.3 is 14.1 Å². The summed E-state index contributed by atoms with van der Waals surface area (Å²) in [7, 11) is 1.56. The number of amides is 1. The number of pyridine rings is 1. The predicted molar refractivity (Wildman–Crippen MR) is 112 cm³/mol. The molecule has 5 rings (SSSR count). The van der Waals surface area contributed by atoms with Crippen LogP contribution in [0.3, 0.4) is 0 Å². The van der Waals surface area contributed by atoms with Gasteiger partial charge in [-0.2, -0.15) is 5.10 Å². The summed E-state index contributed by atoms with van der Waals surface area (Å²) in [5.41, 5.74) is 2.68. The highest BCUT2D eigenvalue weighted by Gasteiger charge is 2.28. The summed E-state index contributed by atoms with van der Waals surface area (Å²) >= 11 is 0. The third-order valence-corrected chi connectivity index (χ3v) is 5.66. The van der Waals surface area contributed by atoms with Gasteiger partial charge in [-0.25, -0.2) is 13.9 Å². The molecule has 3 aromatic heterocycles. The second kappa shape index (κ2) is 7.86. The van der Waals surface area contributed by atoms with Crippen LogP contribution in [0.1, 0.15) is 34.9 Å². The quantitative estimate of drug-likeness (QED) is 0.496. The summed E-state index contributed by atoms with van der Waals surface area (Å²) in [6.07, 6.45) is 6.59. The van der Waals surface area contributed by atoms with Crippen molar-refractivity contribution in [2.24, 2.45) is 0 Å². The van der Waals surface area contributed by atoms with Crippen LogP contribution in [0.2, 0.25) is 0 Å². The van der Waals surface area contributed by atoms with E-state index in [1.54, 1.807) is 23.8 Å². The SMILES string of the molecule is COc1ccc(F)cc1-c1ccc2nc(C3CCCN(C(=O)c4ccoc4)C3)nn2c1. The topological polar surface area (TPSA) is 72.9 Å². The van der Waals surface area contributed by atoms with Crippen molar-refractivity contribution in [2.45, 2.75) is 18.8 Å². The number of likely N-dealkylation sites (tertiary alicyclic amines) is 1. The maximum atomic E-state index is 13.8. The van der Waals surface area contributed by atoms with Gasteiger partial charge in [-0.1, -0.05) is 0 Å². The molecule has 0 saturated carbocycles. The van der Waals surface area contributed by atoms with Crippen molar-refractivity contribution in [3.63, 3.8) is 0 Å². The molecule has 1 saturated heterocycles. The molecule has 1 fully saturated rings. The summed E-state index contributed by atoms with van der Waals surface area (Å²) in [5.74, 6) is 0.967.